The zero-order chi connectivity index (χ0) is 14.1. The molecule has 0 fully saturated rings. The maximum absolute atomic E-state index is 11.0. The molecule has 4 heteroatoms. The average Bonchev–Trinajstić information content (AvgIpc) is 2.43. The van der Waals surface area contributed by atoms with Crippen LogP contribution in [0.5, 0.6) is 5.75 Å². The van der Waals surface area contributed by atoms with Gasteiger partial charge in [-0.2, -0.15) is 0 Å². The largest absolute Gasteiger partial charge is 0.491 e. The number of hydrogen-bond donors (Lipinski definition) is 1. The van der Waals surface area contributed by atoms with Crippen molar-refractivity contribution in [3.63, 3.8) is 0 Å². The van der Waals surface area contributed by atoms with Crippen LogP contribution in [0.15, 0.2) is 24.3 Å². The van der Waals surface area contributed by atoms with Gasteiger partial charge in [-0.1, -0.05) is 13.0 Å². The van der Waals surface area contributed by atoms with Crippen LogP contribution in [0.3, 0.4) is 0 Å². The maximum Gasteiger partial charge on any atom is 0.305 e. The zero-order valence-electron chi connectivity index (χ0n) is 11.9. The molecule has 1 atom stereocenters. The number of esters is 1. The van der Waals surface area contributed by atoms with E-state index in [-0.39, 0.29) is 12.1 Å². The van der Waals surface area contributed by atoms with Gasteiger partial charge in [0.05, 0.1) is 13.2 Å². The molecule has 19 heavy (non-hydrogen) atoms. The van der Waals surface area contributed by atoms with Crippen LogP contribution in [-0.4, -0.2) is 25.7 Å². The number of rotatable bonds is 8. The first-order valence-corrected chi connectivity index (χ1v) is 6.73. The Kier molecular flexibility index (Phi) is 6.79. The molecule has 0 bridgehead atoms. The van der Waals surface area contributed by atoms with E-state index in [0.717, 1.165) is 30.8 Å². The highest BCUT2D eigenvalue weighted by atomic mass is 16.5. The molecule has 0 saturated heterocycles. The molecule has 0 heterocycles. The maximum atomic E-state index is 11.0. The fraction of sp³-hybridized carbons (Fsp3) is 0.533. The molecule has 0 aliphatic carbocycles. The van der Waals surface area contributed by atoms with Crippen molar-refractivity contribution in [2.75, 3.05) is 19.0 Å². The van der Waals surface area contributed by atoms with E-state index in [2.05, 4.69) is 23.9 Å². The second kappa shape index (κ2) is 8.40. The number of carbonyl (C=O) groups excluding carboxylic acids is 1. The molecule has 0 aromatic heterocycles. The lowest BCUT2D eigenvalue weighted by Crippen LogP contribution is -2.10. The van der Waals surface area contributed by atoms with E-state index >= 15 is 0 Å². The quantitative estimate of drug-likeness (QED) is 0.579. The summed E-state index contributed by atoms with van der Waals surface area (Å²) in [7, 11) is 1.41. The van der Waals surface area contributed by atoms with Gasteiger partial charge in [0.1, 0.15) is 5.75 Å². The third kappa shape index (κ3) is 6.13. The van der Waals surface area contributed by atoms with E-state index in [4.69, 9.17) is 4.74 Å². The molecule has 1 aromatic carbocycles. The fourth-order valence-corrected chi connectivity index (χ4v) is 1.56. The smallest absolute Gasteiger partial charge is 0.305 e. The zero-order valence-corrected chi connectivity index (χ0v) is 11.9. The first-order chi connectivity index (χ1) is 9.15. The van der Waals surface area contributed by atoms with E-state index in [1.807, 2.05) is 24.3 Å². The van der Waals surface area contributed by atoms with Crippen molar-refractivity contribution in [3.05, 3.63) is 24.3 Å². The number of ether oxygens (including phenoxy) is 2. The number of hydrogen-bond acceptors (Lipinski definition) is 4. The van der Waals surface area contributed by atoms with Gasteiger partial charge in [0.25, 0.3) is 0 Å². The Morgan fingerprint density at radius 2 is 2.21 bits per heavy atom. The summed E-state index contributed by atoms with van der Waals surface area (Å²) in [6, 6.07) is 7.87. The van der Waals surface area contributed by atoms with Gasteiger partial charge in [-0.05, 0) is 31.9 Å². The summed E-state index contributed by atoms with van der Waals surface area (Å²) >= 11 is 0. The lowest BCUT2D eigenvalue weighted by molar-refractivity contribution is -0.140. The Bertz CT molecular complexity index is 393. The summed E-state index contributed by atoms with van der Waals surface area (Å²) in [4.78, 5) is 11.0. The number of carbonyl (C=O) groups is 1. The highest BCUT2D eigenvalue weighted by molar-refractivity contribution is 5.69. The molecular weight excluding hydrogens is 242 g/mol. The van der Waals surface area contributed by atoms with Crippen LogP contribution in [0.4, 0.5) is 5.69 Å². The molecule has 106 valence electrons. The second-order valence-electron chi connectivity index (χ2n) is 4.47. The van der Waals surface area contributed by atoms with E-state index in [9.17, 15) is 4.79 Å². The Hall–Kier alpha value is -1.71. The van der Waals surface area contributed by atoms with Crippen LogP contribution in [0.2, 0.25) is 0 Å². The molecule has 0 saturated carbocycles. The van der Waals surface area contributed by atoms with Gasteiger partial charge in [-0.25, -0.2) is 0 Å². The predicted molar refractivity (Wildman–Crippen MR) is 76.6 cm³/mol. The Balaban J connectivity index is 2.37. The summed E-state index contributed by atoms with van der Waals surface area (Å²) in [6.07, 6.45) is 2.39. The third-order valence-electron chi connectivity index (χ3n) is 2.86. The highest BCUT2D eigenvalue weighted by Crippen LogP contribution is 2.19. The van der Waals surface area contributed by atoms with Crippen molar-refractivity contribution in [2.45, 2.75) is 39.2 Å². The summed E-state index contributed by atoms with van der Waals surface area (Å²) in [5.74, 6) is 0.697. The van der Waals surface area contributed by atoms with E-state index in [1.54, 1.807) is 0 Å². The Morgan fingerprint density at radius 3 is 2.89 bits per heavy atom. The lowest BCUT2D eigenvalue weighted by atomic mass is 10.2. The topological polar surface area (TPSA) is 47.6 Å². The minimum atomic E-state index is -0.171. The molecule has 0 spiro atoms. The molecule has 0 aliphatic heterocycles. The van der Waals surface area contributed by atoms with Gasteiger partial charge in [-0.15, -0.1) is 0 Å². The van der Waals surface area contributed by atoms with E-state index in [1.165, 1.54) is 7.11 Å². The van der Waals surface area contributed by atoms with Crippen LogP contribution < -0.4 is 10.1 Å². The minimum Gasteiger partial charge on any atom is -0.491 e. The Labute approximate surface area is 115 Å². The average molecular weight is 265 g/mol. The molecule has 0 aliphatic rings. The second-order valence-corrected chi connectivity index (χ2v) is 4.47. The van der Waals surface area contributed by atoms with Gasteiger partial charge in [0.2, 0.25) is 0 Å². The number of nitrogens with one attached hydrogen (secondary N) is 1. The highest BCUT2D eigenvalue weighted by Gasteiger charge is 2.02. The van der Waals surface area contributed by atoms with Crippen molar-refractivity contribution < 1.29 is 14.3 Å². The monoisotopic (exact) mass is 265 g/mol. The van der Waals surface area contributed by atoms with Crippen LogP contribution in [-0.2, 0) is 9.53 Å². The minimum absolute atomic E-state index is 0.171. The summed E-state index contributed by atoms with van der Waals surface area (Å²) < 4.78 is 10.3. The molecular formula is C15H23NO3. The fourth-order valence-electron chi connectivity index (χ4n) is 1.56. The predicted octanol–water partition coefficient (Wildman–Crippen LogP) is 3.23. The van der Waals surface area contributed by atoms with Crippen molar-refractivity contribution >= 4 is 11.7 Å². The standard InChI is InChI=1S/C15H23NO3/c1-4-12(2)19-14-8-5-7-13(11-14)16-10-6-9-15(17)18-3/h5,7-8,11-12,16H,4,6,9-10H2,1-3H3. The van der Waals surface area contributed by atoms with Gasteiger partial charge < -0.3 is 14.8 Å². The molecule has 0 radical (unpaired) electrons. The lowest BCUT2D eigenvalue weighted by Gasteiger charge is -2.14. The van der Waals surface area contributed by atoms with Crippen LogP contribution in [0.1, 0.15) is 33.1 Å². The van der Waals surface area contributed by atoms with Crippen LogP contribution in [0, 0.1) is 0 Å². The normalized spacial score (nSPS) is 11.7. The molecule has 1 unspecified atom stereocenters. The summed E-state index contributed by atoms with van der Waals surface area (Å²) in [6.45, 7) is 4.89. The molecule has 1 rings (SSSR count). The molecule has 4 nitrogen and oxygen atoms in total. The Morgan fingerprint density at radius 1 is 1.42 bits per heavy atom. The van der Waals surface area contributed by atoms with Crippen molar-refractivity contribution in [3.8, 4) is 5.75 Å². The summed E-state index contributed by atoms with van der Waals surface area (Å²) in [5, 5.41) is 3.27. The van der Waals surface area contributed by atoms with Gasteiger partial charge in [0.15, 0.2) is 0 Å². The number of methoxy groups -OCH3 is 1. The summed E-state index contributed by atoms with van der Waals surface area (Å²) in [5.41, 5.74) is 1.01. The molecule has 1 N–H and O–H groups in total. The SMILES string of the molecule is CCC(C)Oc1cccc(NCCCC(=O)OC)c1. The van der Waals surface area contributed by atoms with Gasteiger partial charge in [0, 0.05) is 24.7 Å². The van der Waals surface area contributed by atoms with Crippen molar-refractivity contribution in [2.24, 2.45) is 0 Å². The number of anilines is 1. The van der Waals surface area contributed by atoms with Crippen LogP contribution >= 0.6 is 0 Å². The first-order valence-electron chi connectivity index (χ1n) is 6.73. The number of benzene rings is 1. The van der Waals surface area contributed by atoms with E-state index in [0.29, 0.717) is 6.42 Å². The molecule has 1 aromatic rings. The van der Waals surface area contributed by atoms with E-state index < -0.39 is 0 Å². The molecule has 0 amide bonds. The first kappa shape index (κ1) is 15.3. The van der Waals surface area contributed by atoms with Gasteiger partial charge in [-0.3, -0.25) is 4.79 Å². The van der Waals surface area contributed by atoms with Crippen molar-refractivity contribution in [1.82, 2.24) is 0 Å². The van der Waals surface area contributed by atoms with Crippen LogP contribution in [0.25, 0.3) is 0 Å². The van der Waals surface area contributed by atoms with Gasteiger partial charge >= 0.3 is 5.97 Å². The van der Waals surface area contributed by atoms with Crippen molar-refractivity contribution in [1.29, 1.82) is 0 Å². The third-order valence-corrected chi connectivity index (χ3v) is 2.86.